The van der Waals surface area contributed by atoms with Gasteiger partial charge in [-0.05, 0) is 19.9 Å². The summed E-state index contributed by atoms with van der Waals surface area (Å²) in [7, 11) is 0. The maximum absolute atomic E-state index is 12.2. The first-order valence-electron chi connectivity index (χ1n) is 5.74. The average molecular weight is 263 g/mol. The minimum absolute atomic E-state index is 0.171. The number of hydrogen-bond donors (Lipinski definition) is 2. The number of Topliss-reactive ketones (excluding diaryl/α,β-unsaturated/α-hetero) is 1. The number of imide groups is 1. The first-order valence-corrected chi connectivity index (χ1v) is 5.74. The van der Waals surface area contributed by atoms with Gasteiger partial charge in [-0.2, -0.15) is 0 Å². The third-order valence-corrected chi connectivity index (χ3v) is 3.00. The third-order valence-electron chi connectivity index (χ3n) is 3.00. The van der Waals surface area contributed by atoms with Gasteiger partial charge in [-0.1, -0.05) is 0 Å². The Kier molecular flexibility index (Phi) is 3.20. The van der Waals surface area contributed by atoms with Crippen LogP contribution < -0.4 is 5.32 Å². The number of rotatable bonds is 2. The fourth-order valence-corrected chi connectivity index (χ4v) is 1.84. The van der Waals surface area contributed by atoms with Crippen LogP contribution in [0.25, 0.3) is 0 Å². The minimum Gasteiger partial charge on any atom is -0.356 e. The second kappa shape index (κ2) is 4.68. The first kappa shape index (κ1) is 13.0. The summed E-state index contributed by atoms with van der Waals surface area (Å²) in [6.07, 6.45) is 1.42. The number of H-pyrrole nitrogens is 1. The molecule has 1 aromatic heterocycles. The molecule has 1 aromatic rings. The standard InChI is InChI=1S/C12H13N3O4/c1-6-11(18)14-10(17)5-15(6)12(19)9-3-8(4-13-9)7(2)16/h3-4,6,13H,5H2,1-2H3,(H,14,17,18). The molecule has 0 saturated carbocycles. The molecule has 2 rings (SSSR count). The molecule has 0 spiro atoms. The van der Waals surface area contributed by atoms with Gasteiger partial charge in [-0.3, -0.25) is 24.5 Å². The zero-order valence-corrected chi connectivity index (χ0v) is 10.5. The lowest BCUT2D eigenvalue weighted by atomic mass is 10.1. The third kappa shape index (κ3) is 2.40. The molecule has 1 saturated heterocycles. The zero-order chi connectivity index (χ0) is 14.2. The van der Waals surface area contributed by atoms with E-state index in [0.29, 0.717) is 5.56 Å². The molecular formula is C12H13N3O4. The Morgan fingerprint density at radius 1 is 1.37 bits per heavy atom. The van der Waals surface area contributed by atoms with E-state index in [2.05, 4.69) is 10.3 Å². The van der Waals surface area contributed by atoms with Gasteiger partial charge < -0.3 is 9.88 Å². The van der Waals surface area contributed by atoms with Gasteiger partial charge in [0, 0.05) is 11.8 Å². The summed E-state index contributed by atoms with van der Waals surface area (Å²) in [5.41, 5.74) is 0.559. The second-order valence-corrected chi connectivity index (χ2v) is 4.38. The Balaban J connectivity index is 2.24. The molecule has 7 nitrogen and oxygen atoms in total. The van der Waals surface area contributed by atoms with Crippen LogP contribution in [-0.2, 0) is 9.59 Å². The van der Waals surface area contributed by atoms with E-state index < -0.39 is 23.8 Å². The molecule has 1 unspecified atom stereocenters. The van der Waals surface area contributed by atoms with Crippen molar-refractivity contribution in [2.45, 2.75) is 19.9 Å². The highest BCUT2D eigenvalue weighted by atomic mass is 16.2. The second-order valence-electron chi connectivity index (χ2n) is 4.38. The van der Waals surface area contributed by atoms with E-state index in [1.165, 1.54) is 26.1 Å². The van der Waals surface area contributed by atoms with Crippen molar-refractivity contribution < 1.29 is 19.2 Å². The van der Waals surface area contributed by atoms with Gasteiger partial charge in [0.2, 0.25) is 11.8 Å². The number of nitrogens with one attached hydrogen (secondary N) is 2. The van der Waals surface area contributed by atoms with Crippen LogP contribution in [0.2, 0.25) is 0 Å². The van der Waals surface area contributed by atoms with E-state index in [1.54, 1.807) is 0 Å². The number of aromatic amines is 1. The summed E-state index contributed by atoms with van der Waals surface area (Å²) < 4.78 is 0. The van der Waals surface area contributed by atoms with Gasteiger partial charge in [0.1, 0.15) is 18.3 Å². The van der Waals surface area contributed by atoms with Crippen LogP contribution in [0.4, 0.5) is 0 Å². The minimum atomic E-state index is -0.728. The molecule has 0 aromatic carbocycles. The molecule has 19 heavy (non-hydrogen) atoms. The molecule has 3 amide bonds. The van der Waals surface area contributed by atoms with Crippen molar-refractivity contribution in [1.29, 1.82) is 0 Å². The lowest BCUT2D eigenvalue weighted by molar-refractivity contribution is -0.138. The van der Waals surface area contributed by atoms with Crippen LogP contribution in [0.3, 0.4) is 0 Å². The van der Waals surface area contributed by atoms with Gasteiger partial charge in [0.15, 0.2) is 5.78 Å². The predicted octanol–water partition coefficient (Wildman–Crippen LogP) is -0.296. The fraction of sp³-hybridized carbons (Fsp3) is 0.333. The maximum Gasteiger partial charge on any atom is 0.271 e. The number of nitrogens with zero attached hydrogens (tertiary/aromatic N) is 1. The molecule has 7 heteroatoms. The first-order chi connectivity index (χ1) is 8.90. The van der Waals surface area contributed by atoms with Crippen molar-refractivity contribution in [3.63, 3.8) is 0 Å². The molecule has 2 N–H and O–H groups in total. The SMILES string of the molecule is CC(=O)c1c[nH]c(C(=O)N2CC(=O)NC(=O)C2C)c1. The predicted molar refractivity (Wildman–Crippen MR) is 64.4 cm³/mol. The van der Waals surface area contributed by atoms with Crippen LogP contribution in [-0.4, -0.2) is 46.0 Å². The van der Waals surface area contributed by atoms with Crippen molar-refractivity contribution in [3.8, 4) is 0 Å². The lowest BCUT2D eigenvalue weighted by Gasteiger charge is -2.31. The van der Waals surface area contributed by atoms with Crippen molar-refractivity contribution in [2.24, 2.45) is 0 Å². The zero-order valence-electron chi connectivity index (χ0n) is 10.5. The Hall–Kier alpha value is -2.44. The summed E-state index contributed by atoms with van der Waals surface area (Å²) in [6, 6.07) is 0.684. The number of hydrogen-bond acceptors (Lipinski definition) is 4. The summed E-state index contributed by atoms with van der Waals surface area (Å²) in [5.74, 6) is -1.68. The lowest BCUT2D eigenvalue weighted by Crippen LogP contribution is -2.58. The quantitative estimate of drug-likeness (QED) is 0.565. The number of carbonyl (C=O) groups excluding carboxylic acids is 4. The van der Waals surface area contributed by atoms with Crippen molar-refractivity contribution in [2.75, 3.05) is 6.54 Å². The van der Waals surface area contributed by atoms with E-state index in [9.17, 15) is 19.2 Å². The Bertz CT molecular complexity index is 575. The molecular weight excluding hydrogens is 250 g/mol. The van der Waals surface area contributed by atoms with E-state index in [0.717, 1.165) is 4.90 Å². The van der Waals surface area contributed by atoms with Gasteiger partial charge in [0.25, 0.3) is 5.91 Å². The largest absolute Gasteiger partial charge is 0.356 e. The highest BCUT2D eigenvalue weighted by molar-refractivity contribution is 6.07. The molecule has 0 radical (unpaired) electrons. The van der Waals surface area contributed by atoms with E-state index >= 15 is 0 Å². The molecule has 1 aliphatic rings. The van der Waals surface area contributed by atoms with Crippen molar-refractivity contribution in [1.82, 2.24) is 15.2 Å². The van der Waals surface area contributed by atoms with Crippen LogP contribution >= 0.6 is 0 Å². The van der Waals surface area contributed by atoms with Gasteiger partial charge >= 0.3 is 0 Å². The van der Waals surface area contributed by atoms with Gasteiger partial charge in [0.05, 0.1) is 0 Å². The van der Waals surface area contributed by atoms with Crippen LogP contribution in [0, 0.1) is 0 Å². The summed E-state index contributed by atoms with van der Waals surface area (Å²) in [6.45, 7) is 2.74. The molecule has 100 valence electrons. The normalized spacial score (nSPS) is 19.3. The highest BCUT2D eigenvalue weighted by Gasteiger charge is 2.34. The fourth-order valence-electron chi connectivity index (χ4n) is 1.84. The van der Waals surface area contributed by atoms with Crippen molar-refractivity contribution >= 4 is 23.5 Å². The number of carbonyl (C=O) groups is 4. The van der Waals surface area contributed by atoms with Crippen LogP contribution in [0.15, 0.2) is 12.3 Å². The number of piperazine rings is 1. The van der Waals surface area contributed by atoms with E-state index in [1.807, 2.05) is 0 Å². The monoisotopic (exact) mass is 263 g/mol. The average Bonchev–Trinajstić information content (AvgIpc) is 2.82. The summed E-state index contributed by atoms with van der Waals surface area (Å²) in [4.78, 5) is 50.0. The Labute approximate surface area is 109 Å². The van der Waals surface area contributed by atoms with E-state index in [-0.39, 0.29) is 18.0 Å². The van der Waals surface area contributed by atoms with Crippen LogP contribution in [0.5, 0.6) is 0 Å². The topological polar surface area (TPSA) is 99.3 Å². The number of aromatic nitrogens is 1. The Morgan fingerprint density at radius 2 is 2.05 bits per heavy atom. The number of amides is 3. The molecule has 1 aliphatic heterocycles. The van der Waals surface area contributed by atoms with Gasteiger partial charge in [-0.25, -0.2) is 0 Å². The molecule has 2 heterocycles. The highest BCUT2D eigenvalue weighted by Crippen LogP contribution is 2.12. The summed E-state index contributed by atoms with van der Waals surface area (Å²) >= 11 is 0. The molecule has 0 aliphatic carbocycles. The molecule has 1 atom stereocenters. The Morgan fingerprint density at radius 3 is 2.63 bits per heavy atom. The smallest absolute Gasteiger partial charge is 0.271 e. The van der Waals surface area contributed by atoms with E-state index in [4.69, 9.17) is 0 Å². The number of ketones is 1. The van der Waals surface area contributed by atoms with Gasteiger partial charge in [-0.15, -0.1) is 0 Å². The molecule has 1 fully saturated rings. The summed E-state index contributed by atoms with van der Waals surface area (Å²) in [5, 5.41) is 2.15. The molecule has 0 bridgehead atoms. The van der Waals surface area contributed by atoms with Crippen LogP contribution in [0.1, 0.15) is 34.7 Å². The maximum atomic E-state index is 12.2. The van der Waals surface area contributed by atoms with Crippen molar-refractivity contribution in [3.05, 3.63) is 23.5 Å².